The molecule has 0 aliphatic rings. The highest BCUT2D eigenvalue weighted by atomic mass is 14.9. The normalized spacial score (nSPS) is 10.8. The molecule has 1 rings (SSSR count). The molecule has 3 nitrogen and oxygen atoms in total. The van der Waals surface area contributed by atoms with Crippen molar-refractivity contribution in [1.29, 1.82) is 0 Å². The summed E-state index contributed by atoms with van der Waals surface area (Å²) in [5, 5.41) is 0. The first-order chi connectivity index (χ1) is 6.24. The molecule has 0 unspecified atom stereocenters. The molecule has 1 aromatic rings. The molecule has 1 heterocycles. The van der Waals surface area contributed by atoms with Crippen molar-refractivity contribution in [3.8, 4) is 0 Å². The van der Waals surface area contributed by atoms with Crippen LogP contribution in [0.1, 0.15) is 37.6 Å². The first kappa shape index (κ1) is 10.1. The molecule has 3 heteroatoms. The summed E-state index contributed by atoms with van der Waals surface area (Å²) in [6, 6.07) is 0. The van der Waals surface area contributed by atoms with Crippen molar-refractivity contribution in [3.63, 3.8) is 0 Å². The third-order valence-corrected chi connectivity index (χ3v) is 1.91. The van der Waals surface area contributed by atoms with Gasteiger partial charge >= 0.3 is 0 Å². The number of aryl methyl sites for hydroxylation is 1. The Balaban J connectivity index is 2.59. The largest absolute Gasteiger partial charge is 0.330 e. The summed E-state index contributed by atoms with van der Waals surface area (Å²) in [6.07, 6.45) is 5.79. The zero-order valence-corrected chi connectivity index (χ0v) is 8.33. The Bertz CT molecular complexity index is 241. The Labute approximate surface area is 79.4 Å². The van der Waals surface area contributed by atoms with E-state index in [0.717, 1.165) is 25.2 Å². The maximum absolute atomic E-state index is 5.41. The summed E-state index contributed by atoms with van der Waals surface area (Å²) in [6.45, 7) is 4.91. The average Bonchev–Trinajstić information content (AvgIpc) is 2.15. The Kier molecular flexibility index (Phi) is 3.83. The molecule has 0 bridgehead atoms. The van der Waals surface area contributed by atoms with Crippen molar-refractivity contribution in [3.05, 3.63) is 23.8 Å². The lowest BCUT2D eigenvalue weighted by atomic mass is 10.1. The second kappa shape index (κ2) is 4.92. The van der Waals surface area contributed by atoms with Crippen LogP contribution in [0, 0.1) is 0 Å². The Hall–Kier alpha value is -0.960. The summed E-state index contributed by atoms with van der Waals surface area (Å²) in [4.78, 5) is 8.56. The third-order valence-electron chi connectivity index (χ3n) is 1.91. The summed E-state index contributed by atoms with van der Waals surface area (Å²) < 4.78 is 0. The number of hydrogen-bond acceptors (Lipinski definition) is 3. The molecular formula is C10H17N3. The van der Waals surface area contributed by atoms with Crippen LogP contribution >= 0.6 is 0 Å². The van der Waals surface area contributed by atoms with Gasteiger partial charge in [0.15, 0.2) is 0 Å². The summed E-state index contributed by atoms with van der Waals surface area (Å²) >= 11 is 0. The van der Waals surface area contributed by atoms with E-state index in [-0.39, 0.29) is 0 Å². The van der Waals surface area contributed by atoms with Gasteiger partial charge in [-0.3, -0.25) is 0 Å². The first-order valence-electron chi connectivity index (χ1n) is 4.75. The number of rotatable bonds is 4. The molecule has 0 spiro atoms. The molecule has 0 saturated carbocycles. The lowest BCUT2D eigenvalue weighted by Crippen LogP contribution is -2.02. The van der Waals surface area contributed by atoms with Crippen LogP contribution in [0.3, 0.4) is 0 Å². The predicted octanol–water partition coefficient (Wildman–Crippen LogP) is 1.49. The number of aromatic nitrogens is 2. The van der Waals surface area contributed by atoms with Crippen LogP contribution in [0.25, 0.3) is 0 Å². The van der Waals surface area contributed by atoms with E-state index in [1.165, 1.54) is 5.56 Å². The highest BCUT2D eigenvalue weighted by Crippen LogP contribution is 2.08. The predicted molar refractivity (Wildman–Crippen MR) is 53.5 cm³/mol. The summed E-state index contributed by atoms with van der Waals surface area (Å²) in [5.74, 6) is 1.32. The minimum absolute atomic E-state index is 0.406. The van der Waals surface area contributed by atoms with Crippen molar-refractivity contribution in [2.24, 2.45) is 5.73 Å². The highest BCUT2D eigenvalue weighted by Gasteiger charge is 2.01. The molecule has 2 N–H and O–H groups in total. The van der Waals surface area contributed by atoms with E-state index in [9.17, 15) is 0 Å². The standard InChI is InChI=1S/C10H17N3/c1-8(2)10-12-6-9(7-13-10)4-3-5-11/h6-8H,3-5,11H2,1-2H3. The highest BCUT2D eigenvalue weighted by molar-refractivity contribution is 5.06. The fourth-order valence-electron chi connectivity index (χ4n) is 1.10. The maximum Gasteiger partial charge on any atom is 0.130 e. The van der Waals surface area contributed by atoms with Crippen LogP contribution in [0.2, 0.25) is 0 Å². The SMILES string of the molecule is CC(C)c1ncc(CCCN)cn1. The Morgan fingerprint density at radius 3 is 2.38 bits per heavy atom. The second-order valence-corrected chi connectivity index (χ2v) is 3.50. The minimum atomic E-state index is 0.406. The van der Waals surface area contributed by atoms with E-state index in [1.807, 2.05) is 12.4 Å². The van der Waals surface area contributed by atoms with Crippen molar-refractivity contribution >= 4 is 0 Å². The summed E-state index contributed by atoms with van der Waals surface area (Å²) in [7, 11) is 0. The molecule has 0 saturated heterocycles. The topological polar surface area (TPSA) is 51.8 Å². The molecule has 0 radical (unpaired) electrons. The van der Waals surface area contributed by atoms with Gasteiger partial charge in [-0.05, 0) is 24.9 Å². The minimum Gasteiger partial charge on any atom is -0.330 e. The van der Waals surface area contributed by atoms with E-state index in [2.05, 4.69) is 23.8 Å². The molecule has 0 aliphatic heterocycles. The molecule has 1 aromatic heterocycles. The third kappa shape index (κ3) is 3.11. The summed E-state index contributed by atoms with van der Waals surface area (Å²) in [5.41, 5.74) is 6.59. The molecule has 72 valence electrons. The lowest BCUT2D eigenvalue weighted by molar-refractivity contribution is 0.757. The van der Waals surface area contributed by atoms with E-state index in [1.54, 1.807) is 0 Å². The molecular weight excluding hydrogens is 162 g/mol. The van der Waals surface area contributed by atoms with E-state index in [4.69, 9.17) is 5.73 Å². The zero-order chi connectivity index (χ0) is 9.68. The fraction of sp³-hybridized carbons (Fsp3) is 0.600. The van der Waals surface area contributed by atoms with Crippen LogP contribution in [0.5, 0.6) is 0 Å². The van der Waals surface area contributed by atoms with Crippen molar-refractivity contribution in [2.75, 3.05) is 6.54 Å². The quantitative estimate of drug-likeness (QED) is 0.762. The molecule has 0 aliphatic carbocycles. The van der Waals surface area contributed by atoms with Crippen LogP contribution in [0.4, 0.5) is 0 Å². The molecule has 0 aromatic carbocycles. The van der Waals surface area contributed by atoms with Gasteiger partial charge in [0.2, 0.25) is 0 Å². The number of nitrogens with zero attached hydrogens (tertiary/aromatic N) is 2. The van der Waals surface area contributed by atoms with Gasteiger partial charge in [-0.2, -0.15) is 0 Å². The molecule has 0 atom stereocenters. The Morgan fingerprint density at radius 2 is 1.92 bits per heavy atom. The number of hydrogen-bond donors (Lipinski definition) is 1. The Morgan fingerprint density at radius 1 is 1.31 bits per heavy atom. The van der Waals surface area contributed by atoms with Crippen LogP contribution in [0.15, 0.2) is 12.4 Å². The molecule has 0 fully saturated rings. The molecule has 13 heavy (non-hydrogen) atoms. The van der Waals surface area contributed by atoms with E-state index < -0.39 is 0 Å². The van der Waals surface area contributed by atoms with Gasteiger partial charge in [0.05, 0.1) is 0 Å². The lowest BCUT2D eigenvalue weighted by Gasteiger charge is -2.03. The monoisotopic (exact) mass is 179 g/mol. The fourth-order valence-corrected chi connectivity index (χ4v) is 1.10. The molecule has 0 amide bonds. The number of nitrogens with two attached hydrogens (primary N) is 1. The van der Waals surface area contributed by atoms with E-state index in [0.29, 0.717) is 5.92 Å². The van der Waals surface area contributed by atoms with Gasteiger partial charge in [0, 0.05) is 18.3 Å². The van der Waals surface area contributed by atoms with Crippen LogP contribution in [-0.4, -0.2) is 16.5 Å². The van der Waals surface area contributed by atoms with Crippen molar-refractivity contribution in [1.82, 2.24) is 9.97 Å². The smallest absolute Gasteiger partial charge is 0.130 e. The van der Waals surface area contributed by atoms with Crippen molar-refractivity contribution in [2.45, 2.75) is 32.6 Å². The van der Waals surface area contributed by atoms with Gasteiger partial charge in [0.25, 0.3) is 0 Å². The van der Waals surface area contributed by atoms with Gasteiger partial charge in [-0.25, -0.2) is 9.97 Å². The van der Waals surface area contributed by atoms with Crippen LogP contribution < -0.4 is 5.73 Å². The zero-order valence-electron chi connectivity index (χ0n) is 8.33. The van der Waals surface area contributed by atoms with E-state index >= 15 is 0 Å². The van der Waals surface area contributed by atoms with Gasteiger partial charge in [0.1, 0.15) is 5.82 Å². The van der Waals surface area contributed by atoms with Gasteiger partial charge in [-0.1, -0.05) is 13.8 Å². The second-order valence-electron chi connectivity index (χ2n) is 3.50. The first-order valence-corrected chi connectivity index (χ1v) is 4.75. The van der Waals surface area contributed by atoms with Crippen molar-refractivity contribution < 1.29 is 0 Å². The maximum atomic E-state index is 5.41. The van der Waals surface area contributed by atoms with Gasteiger partial charge in [-0.15, -0.1) is 0 Å². The van der Waals surface area contributed by atoms with Crippen LogP contribution in [-0.2, 0) is 6.42 Å². The average molecular weight is 179 g/mol. The van der Waals surface area contributed by atoms with Gasteiger partial charge < -0.3 is 5.73 Å².